The predicted octanol–water partition coefficient (Wildman–Crippen LogP) is 2.08. The molecule has 0 aliphatic rings. The lowest BCUT2D eigenvalue weighted by Gasteiger charge is -2.09. The molecule has 0 atom stereocenters. The van der Waals surface area contributed by atoms with Crippen molar-refractivity contribution in [3.05, 3.63) is 51.3 Å². The van der Waals surface area contributed by atoms with Crippen LogP contribution in [-0.4, -0.2) is 20.7 Å². The van der Waals surface area contributed by atoms with Crippen LogP contribution in [0.5, 0.6) is 11.8 Å². The molecule has 2 rings (SSSR count). The number of ether oxygens (including phenoxy) is 1. The summed E-state index contributed by atoms with van der Waals surface area (Å²) in [6.07, 6.45) is 0. The molecule has 0 saturated heterocycles. The highest BCUT2D eigenvalue weighted by Gasteiger charge is 2.19. The molecule has 3 N–H and O–H groups in total. The Labute approximate surface area is 120 Å². The molecule has 8 heteroatoms. The van der Waals surface area contributed by atoms with Gasteiger partial charge in [0.25, 0.3) is 0 Å². The van der Waals surface area contributed by atoms with Crippen LogP contribution >= 0.6 is 0 Å². The van der Waals surface area contributed by atoms with E-state index in [9.17, 15) is 10.1 Å². The maximum Gasteiger partial charge on any atom is 0.323 e. The van der Waals surface area contributed by atoms with Crippen molar-refractivity contribution in [2.24, 2.45) is 5.73 Å². The first kappa shape index (κ1) is 14.4. The third kappa shape index (κ3) is 3.11. The molecule has 1 aromatic carbocycles. The first-order valence-corrected chi connectivity index (χ1v) is 6.00. The second-order valence-electron chi connectivity index (χ2n) is 4.37. The van der Waals surface area contributed by atoms with Crippen LogP contribution < -0.4 is 10.5 Å². The van der Waals surface area contributed by atoms with E-state index < -0.39 is 4.92 Å². The molecule has 0 aliphatic carbocycles. The maximum atomic E-state index is 11.0. The second kappa shape index (κ2) is 5.53. The summed E-state index contributed by atoms with van der Waals surface area (Å²) in [4.78, 5) is 18.5. The average molecular weight is 287 g/mol. The van der Waals surface area contributed by atoms with Crippen molar-refractivity contribution in [1.82, 2.24) is 9.97 Å². The molecule has 1 heterocycles. The molecule has 0 amide bonds. The van der Waals surface area contributed by atoms with Gasteiger partial charge in [0.2, 0.25) is 5.75 Å². The first-order valence-electron chi connectivity index (χ1n) is 6.00. The zero-order chi connectivity index (χ0) is 15.6. The van der Waals surface area contributed by atoms with Gasteiger partial charge in [-0.2, -0.15) is 4.98 Å². The second-order valence-corrected chi connectivity index (χ2v) is 4.37. The molecule has 0 fully saturated rings. The van der Waals surface area contributed by atoms with Crippen LogP contribution in [0.4, 0.5) is 5.69 Å². The lowest BCUT2D eigenvalue weighted by Crippen LogP contribution is -2.14. The van der Waals surface area contributed by atoms with E-state index in [1.54, 1.807) is 26.0 Å². The Morgan fingerprint density at radius 3 is 2.71 bits per heavy atom. The maximum absolute atomic E-state index is 11.0. The summed E-state index contributed by atoms with van der Waals surface area (Å²) in [5, 5.41) is 18.4. The van der Waals surface area contributed by atoms with E-state index in [4.69, 9.17) is 15.9 Å². The highest BCUT2D eigenvalue weighted by atomic mass is 16.6. The van der Waals surface area contributed by atoms with Gasteiger partial charge in [0.1, 0.15) is 11.5 Å². The minimum absolute atomic E-state index is 0.0719. The standard InChI is InChI=1S/C13H13N5O3/c1-7-4-3-5-10(18(19)20)11(7)21-13-16-8(2)6-9(17-13)12(14)15/h3-6H,1-2H3,(H3,14,15). The number of benzene rings is 1. The van der Waals surface area contributed by atoms with E-state index in [1.807, 2.05) is 0 Å². The number of rotatable bonds is 4. The summed E-state index contributed by atoms with van der Waals surface area (Å²) < 4.78 is 5.46. The van der Waals surface area contributed by atoms with E-state index in [2.05, 4.69) is 9.97 Å². The van der Waals surface area contributed by atoms with Crippen molar-refractivity contribution in [2.75, 3.05) is 0 Å². The van der Waals surface area contributed by atoms with Crippen LogP contribution in [0.25, 0.3) is 0 Å². The summed E-state index contributed by atoms with van der Waals surface area (Å²) in [5.74, 6) is -0.160. The minimum atomic E-state index is -0.538. The fraction of sp³-hybridized carbons (Fsp3) is 0.154. The Bertz CT molecular complexity index is 730. The average Bonchev–Trinajstić information content (AvgIpc) is 2.40. The SMILES string of the molecule is Cc1cc(C(=N)N)nc(Oc2c(C)cccc2[N+](=O)[O-])n1. The summed E-state index contributed by atoms with van der Waals surface area (Å²) in [6, 6.07) is 6.03. The number of nitro groups is 1. The summed E-state index contributed by atoms with van der Waals surface area (Å²) >= 11 is 0. The number of nitrogens with two attached hydrogens (primary N) is 1. The van der Waals surface area contributed by atoms with Gasteiger partial charge in [0.05, 0.1) is 4.92 Å². The predicted molar refractivity (Wildman–Crippen MR) is 75.7 cm³/mol. The van der Waals surface area contributed by atoms with Crippen LogP contribution in [0, 0.1) is 29.4 Å². The van der Waals surface area contributed by atoms with Gasteiger partial charge >= 0.3 is 11.7 Å². The number of amidine groups is 1. The van der Waals surface area contributed by atoms with Crippen LogP contribution in [0.2, 0.25) is 0 Å². The van der Waals surface area contributed by atoms with Crippen molar-refractivity contribution in [3.8, 4) is 11.8 Å². The van der Waals surface area contributed by atoms with Gasteiger partial charge in [-0.05, 0) is 25.5 Å². The summed E-state index contributed by atoms with van der Waals surface area (Å²) in [7, 11) is 0. The molecule has 108 valence electrons. The molecule has 21 heavy (non-hydrogen) atoms. The molecule has 8 nitrogen and oxygen atoms in total. The Morgan fingerprint density at radius 2 is 2.10 bits per heavy atom. The number of nitrogen functional groups attached to an aromatic ring is 1. The number of nitrogens with zero attached hydrogens (tertiary/aromatic N) is 3. The van der Waals surface area contributed by atoms with Crippen molar-refractivity contribution >= 4 is 11.5 Å². The number of hydrogen-bond donors (Lipinski definition) is 2. The van der Waals surface area contributed by atoms with Crippen molar-refractivity contribution < 1.29 is 9.66 Å². The molecule has 2 aromatic rings. The van der Waals surface area contributed by atoms with Crippen molar-refractivity contribution in [1.29, 1.82) is 5.41 Å². The van der Waals surface area contributed by atoms with Crippen LogP contribution in [0.3, 0.4) is 0 Å². The summed E-state index contributed by atoms with van der Waals surface area (Å²) in [5.41, 5.74) is 6.53. The monoisotopic (exact) mass is 287 g/mol. The zero-order valence-corrected chi connectivity index (χ0v) is 11.5. The van der Waals surface area contributed by atoms with Gasteiger partial charge < -0.3 is 10.5 Å². The number of hydrogen-bond acceptors (Lipinski definition) is 6. The Hall–Kier alpha value is -3.03. The Balaban J connectivity index is 2.48. The van der Waals surface area contributed by atoms with E-state index in [-0.39, 0.29) is 29.0 Å². The third-order valence-corrected chi connectivity index (χ3v) is 2.69. The topological polar surface area (TPSA) is 128 Å². The highest BCUT2D eigenvalue weighted by Crippen LogP contribution is 2.33. The minimum Gasteiger partial charge on any atom is -0.417 e. The molecule has 0 bridgehead atoms. The van der Waals surface area contributed by atoms with Crippen molar-refractivity contribution in [3.63, 3.8) is 0 Å². The number of aryl methyl sites for hydroxylation is 2. The number of nitrogens with one attached hydrogen (secondary N) is 1. The van der Waals surface area contributed by atoms with E-state index in [0.717, 1.165) is 0 Å². The number of para-hydroxylation sites is 1. The van der Waals surface area contributed by atoms with Gasteiger partial charge in [-0.1, -0.05) is 12.1 Å². The highest BCUT2D eigenvalue weighted by molar-refractivity contribution is 5.93. The molecular formula is C13H13N5O3. The van der Waals surface area contributed by atoms with E-state index >= 15 is 0 Å². The van der Waals surface area contributed by atoms with E-state index in [1.165, 1.54) is 12.1 Å². The molecule has 0 unspecified atom stereocenters. The molecule has 0 saturated carbocycles. The van der Waals surface area contributed by atoms with Gasteiger partial charge in [-0.25, -0.2) is 4.98 Å². The number of aromatic nitrogens is 2. The van der Waals surface area contributed by atoms with Gasteiger partial charge in [0, 0.05) is 11.8 Å². The molecular weight excluding hydrogens is 274 g/mol. The molecule has 0 radical (unpaired) electrons. The number of nitro benzene ring substituents is 1. The molecule has 0 aliphatic heterocycles. The quantitative estimate of drug-likeness (QED) is 0.383. The third-order valence-electron chi connectivity index (χ3n) is 2.69. The van der Waals surface area contributed by atoms with Crippen LogP contribution in [-0.2, 0) is 0 Å². The lowest BCUT2D eigenvalue weighted by molar-refractivity contribution is -0.385. The van der Waals surface area contributed by atoms with Crippen molar-refractivity contribution in [2.45, 2.75) is 13.8 Å². The van der Waals surface area contributed by atoms with Crippen LogP contribution in [0.1, 0.15) is 17.0 Å². The van der Waals surface area contributed by atoms with Gasteiger partial charge in [-0.3, -0.25) is 15.5 Å². The Morgan fingerprint density at radius 1 is 1.38 bits per heavy atom. The normalized spacial score (nSPS) is 10.2. The van der Waals surface area contributed by atoms with Crippen LogP contribution in [0.15, 0.2) is 24.3 Å². The smallest absolute Gasteiger partial charge is 0.323 e. The lowest BCUT2D eigenvalue weighted by atomic mass is 10.2. The molecule has 0 spiro atoms. The fourth-order valence-electron chi connectivity index (χ4n) is 1.73. The van der Waals surface area contributed by atoms with Gasteiger partial charge in [-0.15, -0.1) is 0 Å². The van der Waals surface area contributed by atoms with Gasteiger partial charge in [0.15, 0.2) is 0 Å². The summed E-state index contributed by atoms with van der Waals surface area (Å²) in [6.45, 7) is 3.37. The Kier molecular flexibility index (Phi) is 3.79. The fourth-order valence-corrected chi connectivity index (χ4v) is 1.73. The largest absolute Gasteiger partial charge is 0.417 e. The van der Waals surface area contributed by atoms with E-state index in [0.29, 0.717) is 11.3 Å². The molecule has 1 aromatic heterocycles. The zero-order valence-electron chi connectivity index (χ0n) is 11.5. The first-order chi connectivity index (χ1) is 9.88.